The normalized spacial score (nSPS) is 12.2. The molecule has 0 bridgehead atoms. The van der Waals surface area contributed by atoms with Crippen LogP contribution in [0.3, 0.4) is 0 Å². The van der Waals surface area contributed by atoms with Crippen LogP contribution < -0.4 is 5.32 Å². The Morgan fingerprint density at radius 2 is 1.78 bits per heavy atom. The van der Waals surface area contributed by atoms with E-state index in [0.29, 0.717) is 0 Å². The van der Waals surface area contributed by atoms with Crippen LogP contribution in [-0.4, -0.2) is 45.4 Å². The zero-order chi connectivity index (χ0) is 22.9. The van der Waals surface area contributed by atoms with Crippen molar-refractivity contribution >= 4 is 23.4 Å². The Morgan fingerprint density at radius 1 is 1.06 bits per heavy atom. The van der Waals surface area contributed by atoms with Crippen molar-refractivity contribution in [3.63, 3.8) is 0 Å². The number of nitrogens with zero attached hydrogens (tertiary/aromatic N) is 4. The van der Waals surface area contributed by atoms with Crippen molar-refractivity contribution in [1.29, 1.82) is 0 Å². The molecule has 3 aromatic rings. The number of rotatable bonds is 11. The molecule has 1 heterocycles. The third kappa shape index (κ3) is 5.99. The second-order valence-corrected chi connectivity index (χ2v) is 8.92. The summed E-state index contributed by atoms with van der Waals surface area (Å²) >= 11 is 1.45. The highest BCUT2D eigenvalue weighted by atomic mass is 32.2. The van der Waals surface area contributed by atoms with E-state index >= 15 is 0 Å². The number of carbonyl (C=O) groups is 1. The number of nitrogens with one attached hydrogen (secondary N) is 1. The molecule has 1 aromatic heterocycles. The molecule has 3 rings (SSSR count). The monoisotopic (exact) mass is 451 g/mol. The van der Waals surface area contributed by atoms with Crippen LogP contribution in [0.2, 0.25) is 0 Å². The Kier molecular flexibility index (Phi) is 8.88. The Hall–Kier alpha value is -2.64. The summed E-state index contributed by atoms with van der Waals surface area (Å²) in [5, 5.41) is 12.8. The molecule has 0 unspecified atom stereocenters. The highest BCUT2D eigenvalue weighted by molar-refractivity contribution is 7.99. The van der Waals surface area contributed by atoms with Crippen molar-refractivity contribution in [3.05, 3.63) is 60.4 Å². The molecule has 0 radical (unpaired) electrons. The van der Waals surface area contributed by atoms with E-state index in [1.54, 1.807) is 0 Å². The number of hydrogen-bond donors (Lipinski definition) is 1. The smallest absolute Gasteiger partial charge is 0.234 e. The molecular weight excluding hydrogens is 418 g/mol. The quantitative estimate of drug-likeness (QED) is 0.391. The molecule has 0 aliphatic carbocycles. The number of amides is 1. The lowest BCUT2D eigenvalue weighted by Gasteiger charge is -2.23. The molecule has 0 aliphatic rings. The van der Waals surface area contributed by atoms with Gasteiger partial charge in [-0.15, -0.1) is 10.2 Å². The van der Waals surface area contributed by atoms with E-state index in [0.717, 1.165) is 53.6 Å². The first kappa shape index (κ1) is 24.0. The molecule has 0 aliphatic heterocycles. The summed E-state index contributed by atoms with van der Waals surface area (Å²) in [5.74, 6) is 1.21. The maximum Gasteiger partial charge on any atom is 0.234 e. The van der Waals surface area contributed by atoms with Crippen LogP contribution >= 0.6 is 11.8 Å². The number of carbonyl (C=O) groups excluding carboxylic acids is 1. The average Bonchev–Trinajstić information content (AvgIpc) is 3.19. The third-order valence-corrected chi connectivity index (χ3v) is 6.37. The number of anilines is 1. The lowest BCUT2D eigenvalue weighted by atomic mass is 10.0. The standard InChI is InChI=1S/C25H33N5OS/c1-5-7-17-30-24(22(6-2)29(3)4)27-28-25(30)32-18-23(31)26-21-16-12-11-15-20(21)19-13-9-8-10-14-19/h8-16,22H,5-7,17-18H2,1-4H3,(H,26,31)/t22-/m1/s1. The van der Waals surface area contributed by atoms with Crippen molar-refractivity contribution in [2.75, 3.05) is 25.2 Å². The number of aromatic nitrogens is 3. The second-order valence-electron chi connectivity index (χ2n) is 7.98. The van der Waals surface area contributed by atoms with Gasteiger partial charge < -0.3 is 9.88 Å². The fourth-order valence-corrected chi connectivity index (χ4v) is 4.51. The van der Waals surface area contributed by atoms with Crippen LogP contribution in [0.1, 0.15) is 45.0 Å². The molecular formula is C25H33N5OS. The minimum absolute atomic E-state index is 0.0513. The van der Waals surface area contributed by atoms with Crippen molar-refractivity contribution < 1.29 is 4.79 Å². The minimum atomic E-state index is -0.0513. The predicted octanol–water partition coefficient (Wildman–Crippen LogP) is 5.49. The van der Waals surface area contributed by atoms with Gasteiger partial charge in [-0.2, -0.15) is 0 Å². The first-order valence-corrected chi connectivity index (χ1v) is 12.2. The summed E-state index contributed by atoms with van der Waals surface area (Å²) in [6, 6.07) is 18.2. The molecule has 0 spiro atoms. The lowest BCUT2D eigenvalue weighted by Crippen LogP contribution is -2.23. The van der Waals surface area contributed by atoms with Crippen molar-refractivity contribution in [2.24, 2.45) is 0 Å². The summed E-state index contributed by atoms with van der Waals surface area (Å²) < 4.78 is 2.19. The summed E-state index contributed by atoms with van der Waals surface area (Å²) in [6.07, 6.45) is 3.11. The van der Waals surface area contributed by atoms with E-state index in [9.17, 15) is 4.79 Å². The Balaban J connectivity index is 1.72. The number of unbranched alkanes of at least 4 members (excludes halogenated alkanes) is 1. The van der Waals surface area contributed by atoms with E-state index in [2.05, 4.69) is 52.9 Å². The van der Waals surface area contributed by atoms with E-state index in [4.69, 9.17) is 0 Å². The van der Waals surface area contributed by atoms with Crippen molar-refractivity contribution in [3.8, 4) is 11.1 Å². The van der Waals surface area contributed by atoms with Crippen LogP contribution in [-0.2, 0) is 11.3 Å². The maximum absolute atomic E-state index is 12.8. The van der Waals surface area contributed by atoms with Crippen LogP contribution in [0, 0.1) is 0 Å². The van der Waals surface area contributed by atoms with Crippen LogP contribution in [0.15, 0.2) is 59.8 Å². The van der Waals surface area contributed by atoms with E-state index < -0.39 is 0 Å². The van der Waals surface area contributed by atoms with Crippen LogP contribution in [0.25, 0.3) is 11.1 Å². The molecule has 0 saturated carbocycles. The van der Waals surface area contributed by atoms with Gasteiger partial charge in [0.25, 0.3) is 0 Å². The maximum atomic E-state index is 12.8. The molecule has 1 N–H and O–H groups in total. The van der Waals surface area contributed by atoms with E-state index in [1.165, 1.54) is 11.8 Å². The number of thioether (sulfide) groups is 1. The first-order chi connectivity index (χ1) is 15.5. The summed E-state index contributed by atoms with van der Waals surface area (Å²) in [4.78, 5) is 15.0. The fourth-order valence-electron chi connectivity index (χ4n) is 3.74. The number of benzene rings is 2. The highest BCUT2D eigenvalue weighted by Gasteiger charge is 2.22. The molecule has 1 atom stereocenters. The van der Waals surface area contributed by atoms with Gasteiger partial charge in [-0.25, -0.2) is 0 Å². The van der Waals surface area contributed by atoms with Gasteiger partial charge in [-0.05, 0) is 38.6 Å². The van der Waals surface area contributed by atoms with Gasteiger partial charge in [-0.1, -0.05) is 80.6 Å². The SMILES string of the molecule is CCCCn1c(SCC(=O)Nc2ccccc2-c2ccccc2)nnc1[C@@H](CC)N(C)C. The average molecular weight is 452 g/mol. The zero-order valence-electron chi connectivity index (χ0n) is 19.4. The lowest BCUT2D eigenvalue weighted by molar-refractivity contribution is -0.113. The molecule has 1 amide bonds. The Bertz CT molecular complexity index is 1000. The zero-order valence-corrected chi connectivity index (χ0v) is 20.2. The van der Waals surface area contributed by atoms with Gasteiger partial charge in [0.05, 0.1) is 11.8 Å². The summed E-state index contributed by atoms with van der Waals surface area (Å²) in [6.45, 7) is 5.20. The number of para-hydroxylation sites is 1. The highest BCUT2D eigenvalue weighted by Crippen LogP contribution is 2.29. The molecule has 0 saturated heterocycles. The third-order valence-electron chi connectivity index (χ3n) is 5.41. The molecule has 0 fully saturated rings. The van der Waals surface area contributed by atoms with Crippen molar-refractivity contribution in [2.45, 2.75) is 50.9 Å². The van der Waals surface area contributed by atoms with E-state index in [1.807, 2.05) is 54.6 Å². The first-order valence-electron chi connectivity index (χ1n) is 11.2. The molecule has 170 valence electrons. The molecule has 6 nitrogen and oxygen atoms in total. The minimum Gasteiger partial charge on any atom is -0.325 e. The topological polar surface area (TPSA) is 63.1 Å². The van der Waals surface area contributed by atoms with Crippen LogP contribution in [0.5, 0.6) is 0 Å². The van der Waals surface area contributed by atoms with Gasteiger partial charge >= 0.3 is 0 Å². The largest absolute Gasteiger partial charge is 0.325 e. The fraction of sp³-hybridized carbons (Fsp3) is 0.400. The second kappa shape index (κ2) is 11.8. The molecule has 7 heteroatoms. The molecule has 32 heavy (non-hydrogen) atoms. The van der Waals surface area contributed by atoms with Gasteiger partial charge in [0, 0.05) is 17.8 Å². The number of hydrogen-bond acceptors (Lipinski definition) is 5. The summed E-state index contributed by atoms with van der Waals surface area (Å²) in [5.41, 5.74) is 2.90. The predicted molar refractivity (Wildman–Crippen MR) is 133 cm³/mol. The van der Waals surface area contributed by atoms with Gasteiger partial charge in [0.15, 0.2) is 11.0 Å². The van der Waals surface area contributed by atoms with Gasteiger partial charge in [-0.3, -0.25) is 9.69 Å². The van der Waals surface area contributed by atoms with Gasteiger partial charge in [0.2, 0.25) is 5.91 Å². The Morgan fingerprint density at radius 3 is 2.47 bits per heavy atom. The summed E-state index contributed by atoms with van der Waals surface area (Å²) in [7, 11) is 4.13. The van der Waals surface area contributed by atoms with E-state index in [-0.39, 0.29) is 17.7 Å². The van der Waals surface area contributed by atoms with Crippen molar-refractivity contribution in [1.82, 2.24) is 19.7 Å². The van der Waals surface area contributed by atoms with Gasteiger partial charge in [0.1, 0.15) is 0 Å². The van der Waals surface area contributed by atoms with Crippen LogP contribution in [0.4, 0.5) is 5.69 Å². The Labute approximate surface area is 195 Å². The molecule has 2 aromatic carbocycles.